The Labute approximate surface area is 194 Å². The van der Waals surface area contributed by atoms with Gasteiger partial charge in [-0.15, -0.1) is 0 Å². The number of rotatable bonds is 10. The van der Waals surface area contributed by atoms with E-state index in [2.05, 4.69) is 15.0 Å². The summed E-state index contributed by atoms with van der Waals surface area (Å²) in [5, 5.41) is 2.81. The van der Waals surface area contributed by atoms with E-state index in [-0.39, 0.29) is 17.3 Å². The SMILES string of the molecule is COCCOc1ccc(CNC(=O)c2cccc(NS(=O)(=O)c3cc(C)ccc3C)c2)cn1. The number of amides is 1. The summed E-state index contributed by atoms with van der Waals surface area (Å²) in [5.74, 6) is 0.147. The molecule has 0 bridgehead atoms. The van der Waals surface area contributed by atoms with Gasteiger partial charge in [0.05, 0.1) is 11.5 Å². The summed E-state index contributed by atoms with van der Waals surface area (Å²) in [6.07, 6.45) is 1.62. The number of carbonyl (C=O) groups is 1. The third kappa shape index (κ3) is 6.77. The molecule has 0 saturated heterocycles. The van der Waals surface area contributed by atoms with E-state index in [9.17, 15) is 13.2 Å². The molecule has 0 saturated carbocycles. The topological polar surface area (TPSA) is 107 Å². The fourth-order valence-electron chi connectivity index (χ4n) is 3.05. The monoisotopic (exact) mass is 469 g/mol. The first-order valence-electron chi connectivity index (χ1n) is 10.3. The Morgan fingerprint density at radius 2 is 1.85 bits per heavy atom. The molecule has 8 nitrogen and oxygen atoms in total. The van der Waals surface area contributed by atoms with E-state index in [0.29, 0.717) is 35.9 Å². The number of benzene rings is 2. The number of aromatic nitrogens is 1. The van der Waals surface area contributed by atoms with Crippen LogP contribution in [0.25, 0.3) is 0 Å². The maximum absolute atomic E-state index is 12.8. The predicted molar refractivity (Wildman–Crippen MR) is 126 cm³/mol. The Hall–Kier alpha value is -3.43. The van der Waals surface area contributed by atoms with Crippen LogP contribution in [0.4, 0.5) is 5.69 Å². The lowest BCUT2D eigenvalue weighted by Crippen LogP contribution is -2.23. The van der Waals surface area contributed by atoms with Crippen LogP contribution < -0.4 is 14.8 Å². The number of methoxy groups -OCH3 is 1. The highest BCUT2D eigenvalue weighted by Crippen LogP contribution is 2.21. The second kappa shape index (κ2) is 10.9. The van der Waals surface area contributed by atoms with Crippen molar-refractivity contribution in [1.29, 1.82) is 0 Å². The summed E-state index contributed by atoms with van der Waals surface area (Å²) < 4.78 is 38.6. The molecule has 0 aliphatic heterocycles. The van der Waals surface area contributed by atoms with Gasteiger partial charge in [0.1, 0.15) is 6.61 Å². The van der Waals surface area contributed by atoms with Gasteiger partial charge in [0.15, 0.2) is 0 Å². The lowest BCUT2D eigenvalue weighted by molar-refractivity contribution is 0.0951. The van der Waals surface area contributed by atoms with E-state index in [0.717, 1.165) is 11.1 Å². The summed E-state index contributed by atoms with van der Waals surface area (Å²) in [6, 6.07) is 15.1. The molecule has 3 rings (SSSR count). The minimum atomic E-state index is -3.79. The summed E-state index contributed by atoms with van der Waals surface area (Å²) in [4.78, 5) is 17.0. The van der Waals surface area contributed by atoms with Gasteiger partial charge in [0, 0.05) is 37.2 Å². The quantitative estimate of drug-likeness (QED) is 0.441. The van der Waals surface area contributed by atoms with Crippen molar-refractivity contribution >= 4 is 21.6 Å². The van der Waals surface area contributed by atoms with Gasteiger partial charge in [-0.2, -0.15) is 0 Å². The molecule has 2 aromatic carbocycles. The maximum atomic E-state index is 12.8. The van der Waals surface area contributed by atoms with E-state index in [1.807, 2.05) is 19.1 Å². The normalized spacial score (nSPS) is 11.1. The standard InChI is InChI=1S/C24H27N3O5S/c1-17-7-8-18(2)22(13-17)33(29,30)27-21-6-4-5-20(14-21)24(28)26-16-19-9-10-23(25-15-19)32-12-11-31-3/h4-10,13-15,27H,11-12,16H2,1-3H3,(H,26,28). The van der Waals surface area contributed by atoms with Crippen LogP contribution in [-0.2, 0) is 21.3 Å². The molecule has 174 valence electrons. The summed E-state index contributed by atoms with van der Waals surface area (Å²) in [7, 11) is -2.19. The van der Waals surface area contributed by atoms with Crippen LogP contribution in [0.1, 0.15) is 27.0 Å². The van der Waals surface area contributed by atoms with Crippen molar-refractivity contribution in [2.24, 2.45) is 0 Å². The van der Waals surface area contributed by atoms with Crippen LogP contribution in [0.15, 0.2) is 65.7 Å². The fraction of sp³-hybridized carbons (Fsp3) is 0.250. The zero-order valence-corrected chi connectivity index (χ0v) is 19.6. The summed E-state index contributed by atoms with van der Waals surface area (Å²) >= 11 is 0. The Bertz CT molecular complexity index is 1210. The number of aryl methyl sites for hydroxylation is 2. The number of ether oxygens (including phenoxy) is 2. The highest BCUT2D eigenvalue weighted by Gasteiger charge is 2.18. The minimum Gasteiger partial charge on any atom is -0.475 e. The number of anilines is 1. The minimum absolute atomic E-state index is 0.208. The van der Waals surface area contributed by atoms with Crippen molar-refractivity contribution in [2.75, 3.05) is 25.0 Å². The van der Waals surface area contributed by atoms with Crippen molar-refractivity contribution in [3.8, 4) is 5.88 Å². The first-order chi connectivity index (χ1) is 15.8. The molecule has 33 heavy (non-hydrogen) atoms. The Morgan fingerprint density at radius 3 is 2.58 bits per heavy atom. The fourth-order valence-corrected chi connectivity index (χ4v) is 4.43. The number of nitrogens with zero attached hydrogens (tertiary/aromatic N) is 1. The molecule has 1 heterocycles. The van der Waals surface area contributed by atoms with E-state index >= 15 is 0 Å². The van der Waals surface area contributed by atoms with Crippen molar-refractivity contribution in [1.82, 2.24) is 10.3 Å². The molecule has 9 heteroatoms. The number of sulfonamides is 1. The van der Waals surface area contributed by atoms with Gasteiger partial charge in [-0.05, 0) is 54.8 Å². The highest BCUT2D eigenvalue weighted by atomic mass is 32.2. The van der Waals surface area contributed by atoms with Gasteiger partial charge < -0.3 is 14.8 Å². The van der Waals surface area contributed by atoms with Crippen LogP contribution >= 0.6 is 0 Å². The van der Waals surface area contributed by atoms with Gasteiger partial charge >= 0.3 is 0 Å². The smallest absolute Gasteiger partial charge is 0.262 e. The summed E-state index contributed by atoms with van der Waals surface area (Å²) in [6.45, 7) is 4.72. The Morgan fingerprint density at radius 1 is 1.03 bits per heavy atom. The Kier molecular flexibility index (Phi) is 8.02. The average molecular weight is 470 g/mol. The molecule has 3 aromatic rings. The Balaban J connectivity index is 1.63. The molecule has 2 N–H and O–H groups in total. The number of pyridine rings is 1. The molecular formula is C24H27N3O5S. The second-order valence-electron chi connectivity index (χ2n) is 7.48. The van der Waals surface area contributed by atoms with Gasteiger partial charge in [-0.1, -0.05) is 24.3 Å². The largest absolute Gasteiger partial charge is 0.475 e. The zero-order valence-electron chi connectivity index (χ0n) is 18.8. The van der Waals surface area contributed by atoms with Crippen LogP contribution in [0, 0.1) is 13.8 Å². The summed E-state index contributed by atoms with van der Waals surface area (Å²) in [5.41, 5.74) is 2.93. The lowest BCUT2D eigenvalue weighted by Gasteiger charge is -2.12. The predicted octanol–water partition coefficient (Wildman–Crippen LogP) is 3.45. The molecule has 0 radical (unpaired) electrons. The van der Waals surface area contributed by atoms with Crippen molar-refractivity contribution < 1.29 is 22.7 Å². The zero-order chi connectivity index (χ0) is 23.8. The van der Waals surface area contributed by atoms with E-state index in [4.69, 9.17) is 9.47 Å². The first-order valence-corrected chi connectivity index (χ1v) is 11.8. The molecule has 0 spiro atoms. The van der Waals surface area contributed by atoms with Crippen LogP contribution in [0.3, 0.4) is 0 Å². The van der Waals surface area contributed by atoms with Crippen molar-refractivity contribution in [3.63, 3.8) is 0 Å². The molecule has 1 aromatic heterocycles. The van der Waals surface area contributed by atoms with Gasteiger partial charge in [-0.3, -0.25) is 9.52 Å². The van der Waals surface area contributed by atoms with E-state index < -0.39 is 10.0 Å². The van der Waals surface area contributed by atoms with Crippen LogP contribution in [-0.4, -0.2) is 39.6 Å². The molecule has 0 atom stereocenters. The van der Waals surface area contributed by atoms with Gasteiger partial charge in [0.2, 0.25) is 5.88 Å². The molecular weight excluding hydrogens is 442 g/mol. The molecule has 1 amide bonds. The van der Waals surface area contributed by atoms with E-state index in [1.54, 1.807) is 56.6 Å². The highest BCUT2D eigenvalue weighted by molar-refractivity contribution is 7.92. The number of hydrogen-bond donors (Lipinski definition) is 2. The number of carbonyl (C=O) groups excluding carboxylic acids is 1. The number of nitrogens with one attached hydrogen (secondary N) is 2. The van der Waals surface area contributed by atoms with Crippen molar-refractivity contribution in [3.05, 3.63) is 83.0 Å². The number of hydrogen-bond acceptors (Lipinski definition) is 6. The third-order valence-corrected chi connectivity index (χ3v) is 6.32. The lowest BCUT2D eigenvalue weighted by atomic mass is 10.2. The van der Waals surface area contributed by atoms with E-state index in [1.165, 1.54) is 6.07 Å². The molecule has 0 aliphatic carbocycles. The molecule has 0 unspecified atom stereocenters. The van der Waals surface area contributed by atoms with Crippen LogP contribution in [0.2, 0.25) is 0 Å². The molecule has 0 aliphatic rings. The van der Waals surface area contributed by atoms with Crippen molar-refractivity contribution in [2.45, 2.75) is 25.3 Å². The third-order valence-electron chi connectivity index (χ3n) is 4.80. The van der Waals surface area contributed by atoms with Gasteiger partial charge in [0.25, 0.3) is 15.9 Å². The maximum Gasteiger partial charge on any atom is 0.262 e. The molecule has 0 fully saturated rings. The average Bonchev–Trinajstić information content (AvgIpc) is 2.80. The second-order valence-corrected chi connectivity index (χ2v) is 9.13. The first kappa shape index (κ1) is 24.2. The van der Waals surface area contributed by atoms with Gasteiger partial charge in [-0.25, -0.2) is 13.4 Å². The van der Waals surface area contributed by atoms with Crippen LogP contribution in [0.5, 0.6) is 5.88 Å².